The Morgan fingerprint density at radius 3 is 1.12 bits per heavy atom. The fourth-order valence-electron chi connectivity index (χ4n) is 3.21. The molecule has 0 aliphatic carbocycles. The van der Waals surface area contributed by atoms with Gasteiger partial charge in [-0.1, -0.05) is 0 Å². The van der Waals surface area contributed by atoms with Crippen molar-refractivity contribution in [1.29, 1.82) is 0 Å². The minimum atomic E-state index is -7.06. The lowest BCUT2D eigenvalue weighted by Gasteiger charge is -2.29. The van der Waals surface area contributed by atoms with Crippen molar-refractivity contribution in [2.45, 2.75) is 24.9 Å². The summed E-state index contributed by atoms with van der Waals surface area (Å²) in [5, 5.41) is 0. The second kappa shape index (κ2) is 11.6. The largest absolute Gasteiger partial charge is 0.517 e. The van der Waals surface area contributed by atoms with E-state index in [2.05, 4.69) is 0 Å². The first kappa shape index (κ1) is 34.0. The van der Waals surface area contributed by atoms with Crippen LogP contribution in [-0.2, 0) is 29.6 Å². The topological polar surface area (TPSA) is 162 Å². The van der Waals surface area contributed by atoms with Crippen LogP contribution in [-0.4, -0.2) is 65.5 Å². The van der Waals surface area contributed by atoms with Gasteiger partial charge in [0.15, 0.2) is 11.6 Å². The lowest BCUT2D eigenvalue weighted by Crippen LogP contribution is -2.55. The third-order valence-electron chi connectivity index (χ3n) is 5.23. The van der Waals surface area contributed by atoms with Crippen molar-refractivity contribution in [3.63, 3.8) is 0 Å². The molecule has 0 aliphatic heterocycles. The first-order chi connectivity index (χ1) is 19.0. The number of alkyl halides is 6. The van der Waals surface area contributed by atoms with Crippen LogP contribution in [0.4, 0.5) is 37.7 Å². The number of carbonyl (C=O) groups excluding carboxylic acids is 4. The van der Waals surface area contributed by atoms with Crippen LogP contribution in [0.25, 0.3) is 0 Å². The number of carbonyl (C=O) groups is 4. The predicted octanol–water partition coefficient (Wildman–Crippen LogP) is 3.17. The quantitative estimate of drug-likeness (QED) is 0.236. The zero-order valence-corrected chi connectivity index (χ0v) is 23.2. The van der Waals surface area contributed by atoms with Crippen molar-refractivity contribution >= 4 is 54.8 Å². The van der Waals surface area contributed by atoms with Crippen molar-refractivity contribution in [3.05, 3.63) is 47.5 Å². The summed E-state index contributed by atoms with van der Waals surface area (Å²) in [5.41, 5.74) is -16.9. The standard InChI is InChI=1S/C22H18F6N2O10S2/c1-11(31)13-5-7-17(39-3)15(9-13)29(41(35,36)21(23,24)25)19(33)20(34)30(42(37,38)22(26,27)28)16-10-14(12(2)32)6-8-18(16)40-4/h5-10H,1-4H3. The molecule has 42 heavy (non-hydrogen) atoms. The van der Waals surface area contributed by atoms with Crippen LogP contribution < -0.4 is 18.1 Å². The molecular weight excluding hydrogens is 630 g/mol. The van der Waals surface area contributed by atoms with Gasteiger partial charge in [0.2, 0.25) is 0 Å². The molecule has 0 heterocycles. The number of benzene rings is 2. The number of methoxy groups -OCH3 is 2. The molecule has 2 aromatic rings. The first-order valence-corrected chi connectivity index (χ1v) is 13.6. The lowest BCUT2D eigenvalue weighted by atomic mass is 10.1. The van der Waals surface area contributed by atoms with Gasteiger partial charge in [0.25, 0.3) is 0 Å². The van der Waals surface area contributed by atoms with E-state index in [0.717, 1.165) is 40.2 Å². The second-order valence-electron chi connectivity index (χ2n) is 7.93. The van der Waals surface area contributed by atoms with E-state index in [1.165, 1.54) is 0 Å². The number of halogens is 6. The number of hydrogen-bond acceptors (Lipinski definition) is 10. The number of nitrogens with zero attached hydrogens (tertiary/aromatic N) is 2. The highest BCUT2D eigenvalue weighted by molar-refractivity contribution is 7.95. The molecule has 20 heteroatoms. The Balaban J connectivity index is 3.06. The van der Waals surface area contributed by atoms with Crippen LogP contribution in [0.2, 0.25) is 0 Å². The zero-order chi connectivity index (χ0) is 32.6. The highest BCUT2D eigenvalue weighted by atomic mass is 32.2. The van der Waals surface area contributed by atoms with Crippen LogP contribution in [0, 0.1) is 0 Å². The van der Waals surface area contributed by atoms with E-state index < -0.39 is 97.1 Å². The van der Waals surface area contributed by atoms with E-state index in [-0.39, 0.29) is 0 Å². The molecule has 0 fully saturated rings. The van der Waals surface area contributed by atoms with Gasteiger partial charge in [0, 0.05) is 11.1 Å². The van der Waals surface area contributed by atoms with Gasteiger partial charge in [-0.2, -0.15) is 51.8 Å². The maximum atomic E-state index is 13.7. The summed E-state index contributed by atoms with van der Waals surface area (Å²) < 4.78 is 139. The van der Waals surface area contributed by atoms with Crippen LogP contribution in [0.15, 0.2) is 36.4 Å². The van der Waals surface area contributed by atoms with Gasteiger partial charge in [0.05, 0.1) is 14.2 Å². The van der Waals surface area contributed by atoms with Gasteiger partial charge >= 0.3 is 42.9 Å². The van der Waals surface area contributed by atoms with Crippen LogP contribution in [0.3, 0.4) is 0 Å². The number of ether oxygens (including phenoxy) is 2. The summed E-state index contributed by atoms with van der Waals surface area (Å²) in [5.74, 6) is -9.64. The highest BCUT2D eigenvalue weighted by Gasteiger charge is 2.58. The zero-order valence-electron chi connectivity index (χ0n) is 21.5. The molecule has 2 rings (SSSR count). The number of anilines is 2. The summed E-state index contributed by atoms with van der Waals surface area (Å²) in [4.78, 5) is 50.2. The third kappa shape index (κ3) is 6.17. The Morgan fingerprint density at radius 2 is 0.905 bits per heavy atom. The van der Waals surface area contributed by atoms with E-state index in [0.29, 0.717) is 24.3 Å². The van der Waals surface area contributed by atoms with Gasteiger partial charge in [0.1, 0.15) is 22.9 Å². The third-order valence-corrected chi connectivity index (χ3v) is 8.08. The average molecular weight is 649 g/mol. The van der Waals surface area contributed by atoms with Crippen LogP contribution >= 0.6 is 0 Å². The van der Waals surface area contributed by atoms with Crippen LogP contribution in [0.1, 0.15) is 34.6 Å². The lowest BCUT2D eigenvalue weighted by molar-refractivity contribution is -0.135. The van der Waals surface area contributed by atoms with E-state index in [1.807, 2.05) is 0 Å². The van der Waals surface area contributed by atoms with Crippen molar-refractivity contribution in [2.24, 2.45) is 0 Å². The normalized spacial score (nSPS) is 12.3. The highest BCUT2D eigenvalue weighted by Crippen LogP contribution is 2.40. The van der Waals surface area contributed by atoms with Gasteiger partial charge in [-0.3, -0.25) is 19.2 Å². The number of hydrogen-bond donors (Lipinski definition) is 0. The number of ketones is 2. The van der Waals surface area contributed by atoms with Crippen molar-refractivity contribution in [2.75, 3.05) is 22.8 Å². The Kier molecular flexibility index (Phi) is 9.38. The molecule has 0 unspecified atom stereocenters. The summed E-state index contributed by atoms with van der Waals surface area (Å²) in [6.45, 7) is 1.74. The number of Topliss-reactive ketones (excluding diaryl/α,β-unsaturated/α-hetero) is 2. The molecule has 0 bridgehead atoms. The van der Waals surface area contributed by atoms with Crippen LogP contribution in [0.5, 0.6) is 11.5 Å². The molecular formula is C22H18F6N2O10S2. The molecule has 0 atom stereocenters. The van der Waals surface area contributed by atoms with Gasteiger partial charge < -0.3 is 9.47 Å². The molecule has 0 saturated heterocycles. The molecule has 2 amide bonds. The Morgan fingerprint density at radius 1 is 0.619 bits per heavy atom. The smallest absolute Gasteiger partial charge is 0.495 e. The van der Waals surface area contributed by atoms with Gasteiger partial charge in [-0.25, -0.2) is 0 Å². The van der Waals surface area contributed by atoms with Crippen molar-refractivity contribution in [3.8, 4) is 11.5 Å². The predicted molar refractivity (Wildman–Crippen MR) is 131 cm³/mol. The van der Waals surface area contributed by atoms with E-state index in [9.17, 15) is 62.4 Å². The van der Waals surface area contributed by atoms with E-state index >= 15 is 0 Å². The average Bonchev–Trinajstić information content (AvgIpc) is 2.86. The number of amides is 2. The fraction of sp³-hybridized carbons (Fsp3) is 0.273. The fourth-order valence-corrected chi connectivity index (χ4v) is 5.02. The maximum Gasteiger partial charge on any atom is 0.517 e. The molecule has 0 aromatic heterocycles. The van der Waals surface area contributed by atoms with E-state index in [1.54, 1.807) is 0 Å². The van der Waals surface area contributed by atoms with Crippen molar-refractivity contribution < 1.29 is 71.8 Å². The Hall–Kier alpha value is -4.20. The van der Waals surface area contributed by atoms with Gasteiger partial charge in [-0.15, -0.1) is 0 Å². The molecule has 0 radical (unpaired) electrons. The Labute approximate surface area is 233 Å². The molecule has 0 saturated carbocycles. The second-order valence-corrected chi connectivity index (χ2v) is 11.5. The monoisotopic (exact) mass is 648 g/mol. The molecule has 230 valence electrons. The summed E-state index contributed by atoms with van der Waals surface area (Å²) in [6.07, 6.45) is 0. The van der Waals surface area contributed by atoms with E-state index in [4.69, 9.17) is 9.47 Å². The Bertz CT molecular complexity index is 1550. The SMILES string of the molecule is COc1ccc(C(C)=O)cc1N(C(=O)C(=O)N(c1cc(C(C)=O)ccc1OC)S(=O)(=O)C(F)(F)F)S(=O)(=O)C(F)(F)F. The molecule has 0 aliphatic rings. The maximum absolute atomic E-state index is 13.7. The molecule has 0 spiro atoms. The van der Waals surface area contributed by atoms with Crippen molar-refractivity contribution in [1.82, 2.24) is 0 Å². The number of sulfonamides is 2. The summed E-state index contributed by atoms with van der Waals surface area (Å²) in [7, 11) is -12.6. The minimum absolute atomic E-state index is 0.342. The molecule has 0 N–H and O–H groups in total. The number of rotatable bonds is 8. The molecule has 2 aromatic carbocycles. The first-order valence-electron chi connectivity index (χ1n) is 10.7. The summed E-state index contributed by atoms with van der Waals surface area (Å²) >= 11 is 0. The minimum Gasteiger partial charge on any atom is -0.495 e. The van der Waals surface area contributed by atoms with Gasteiger partial charge in [-0.05, 0) is 50.2 Å². The summed E-state index contributed by atoms with van der Waals surface area (Å²) in [6, 6.07) is 3.91. The molecule has 12 nitrogen and oxygen atoms in total.